The van der Waals surface area contributed by atoms with E-state index in [2.05, 4.69) is 10.2 Å². The fraction of sp³-hybridized carbons (Fsp3) is 0.783. The van der Waals surface area contributed by atoms with E-state index in [1.54, 1.807) is 27.7 Å². The van der Waals surface area contributed by atoms with Crippen LogP contribution in [0.3, 0.4) is 0 Å². The van der Waals surface area contributed by atoms with Gasteiger partial charge in [-0.1, -0.05) is 27.7 Å². The molecule has 37 heavy (non-hydrogen) atoms. The Morgan fingerprint density at radius 2 is 1.38 bits per heavy atom. The Labute approximate surface area is 221 Å². The molecule has 0 radical (unpaired) electrons. The SMILES string of the molecule is CC(C)C(=O)OCOC(=O)N[C@@H](C(=O)OCCN1CCOCC1)C(C)(C)SC(=O)OCOC(=O)C(C)C. The first-order chi connectivity index (χ1) is 17.3. The van der Waals surface area contributed by atoms with Crippen LogP contribution in [-0.4, -0.2) is 98.0 Å². The van der Waals surface area contributed by atoms with E-state index in [1.165, 1.54) is 13.8 Å². The number of hydrogen-bond donors (Lipinski definition) is 1. The minimum Gasteiger partial charge on any atom is -0.463 e. The van der Waals surface area contributed by atoms with Crippen LogP contribution >= 0.6 is 11.8 Å². The Hall–Kier alpha value is -2.58. The molecular weight excluding hydrogens is 512 g/mol. The smallest absolute Gasteiger partial charge is 0.410 e. The van der Waals surface area contributed by atoms with Gasteiger partial charge >= 0.3 is 29.3 Å². The minimum atomic E-state index is -1.35. The maximum atomic E-state index is 12.9. The molecule has 212 valence electrons. The molecule has 1 heterocycles. The van der Waals surface area contributed by atoms with Gasteiger partial charge in [-0.2, -0.15) is 0 Å². The van der Waals surface area contributed by atoms with Gasteiger partial charge in [0.1, 0.15) is 12.6 Å². The van der Waals surface area contributed by atoms with Crippen LogP contribution in [0.1, 0.15) is 41.5 Å². The van der Waals surface area contributed by atoms with Crippen molar-refractivity contribution in [2.45, 2.75) is 52.3 Å². The van der Waals surface area contributed by atoms with Gasteiger partial charge in [0.25, 0.3) is 0 Å². The van der Waals surface area contributed by atoms with Crippen molar-refractivity contribution < 1.29 is 52.4 Å². The highest BCUT2D eigenvalue weighted by molar-refractivity contribution is 8.14. The maximum absolute atomic E-state index is 12.9. The van der Waals surface area contributed by atoms with E-state index in [1.807, 2.05) is 0 Å². The maximum Gasteiger partial charge on any atom is 0.410 e. The quantitative estimate of drug-likeness (QED) is 0.202. The minimum absolute atomic E-state index is 0.0500. The van der Waals surface area contributed by atoms with E-state index in [0.29, 0.717) is 44.6 Å². The van der Waals surface area contributed by atoms with Gasteiger partial charge in [0.2, 0.25) is 13.6 Å². The van der Waals surface area contributed by atoms with Gasteiger partial charge in [-0.25, -0.2) is 14.4 Å². The Morgan fingerprint density at radius 3 is 1.92 bits per heavy atom. The molecule has 1 fully saturated rings. The Morgan fingerprint density at radius 1 is 0.838 bits per heavy atom. The molecule has 1 N–H and O–H groups in total. The number of amides is 1. The number of ether oxygens (including phenoxy) is 6. The predicted molar refractivity (Wildman–Crippen MR) is 131 cm³/mol. The molecule has 14 heteroatoms. The van der Waals surface area contributed by atoms with Crippen molar-refractivity contribution in [3.63, 3.8) is 0 Å². The molecule has 0 aliphatic carbocycles. The monoisotopic (exact) mass is 550 g/mol. The third-order valence-corrected chi connectivity index (χ3v) is 6.05. The molecule has 1 amide bonds. The van der Waals surface area contributed by atoms with Gasteiger partial charge in [0.05, 0.1) is 29.8 Å². The van der Waals surface area contributed by atoms with Gasteiger partial charge in [-0.05, 0) is 25.6 Å². The van der Waals surface area contributed by atoms with Crippen LogP contribution < -0.4 is 5.32 Å². The number of esters is 3. The summed E-state index contributed by atoms with van der Waals surface area (Å²) in [6, 6.07) is -1.35. The van der Waals surface area contributed by atoms with Gasteiger partial charge in [-0.3, -0.25) is 14.5 Å². The highest BCUT2D eigenvalue weighted by atomic mass is 32.2. The van der Waals surface area contributed by atoms with Crippen LogP contribution in [0.4, 0.5) is 9.59 Å². The number of morpholine rings is 1. The predicted octanol–water partition coefficient (Wildman–Crippen LogP) is 1.92. The van der Waals surface area contributed by atoms with E-state index in [9.17, 15) is 24.0 Å². The van der Waals surface area contributed by atoms with Crippen LogP contribution in [0.15, 0.2) is 0 Å². The molecule has 0 bridgehead atoms. The van der Waals surface area contributed by atoms with Crippen molar-refractivity contribution in [1.82, 2.24) is 10.2 Å². The van der Waals surface area contributed by atoms with Crippen molar-refractivity contribution in [3.8, 4) is 0 Å². The van der Waals surface area contributed by atoms with Gasteiger partial charge in [0, 0.05) is 19.6 Å². The number of nitrogens with one attached hydrogen (secondary N) is 1. The van der Waals surface area contributed by atoms with E-state index in [4.69, 9.17) is 28.4 Å². The van der Waals surface area contributed by atoms with Gasteiger partial charge in [-0.15, -0.1) is 0 Å². The first kappa shape index (κ1) is 32.4. The summed E-state index contributed by atoms with van der Waals surface area (Å²) in [4.78, 5) is 62.7. The number of alkyl carbamates (subject to hydrolysis) is 1. The lowest BCUT2D eigenvalue weighted by Gasteiger charge is -2.31. The zero-order valence-corrected chi connectivity index (χ0v) is 23.1. The van der Waals surface area contributed by atoms with Crippen molar-refractivity contribution in [2.24, 2.45) is 11.8 Å². The van der Waals surface area contributed by atoms with Gasteiger partial charge < -0.3 is 33.7 Å². The summed E-state index contributed by atoms with van der Waals surface area (Å²) in [5.74, 6) is -2.72. The molecule has 0 aromatic carbocycles. The second-order valence-electron chi connectivity index (χ2n) is 9.20. The molecule has 1 atom stereocenters. The largest absolute Gasteiger partial charge is 0.463 e. The van der Waals surface area contributed by atoms with Crippen molar-refractivity contribution in [2.75, 3.05) is 53.0 Å². The van der Waals surface area contributed by atoms with Crippen molar-refractivity contribution in [3.05, 3.63) is 0 Å². The lowest BCUT2D eigenvalue weighted by Crippen LogP contribution is -2.54. The molecule has 1 aliphatic rings. The number of carbonyl (C=O) groups excluding carboxylic acids is 5. The molecule has 0 aromatic rings. The average molecular weight is 551 g/mol. The summed E-state index contributed by atoms with van der Waals surface area (Å²) in [7, 11) is 0. The highest BCUT2D eigenvalue weighted by Crippen LogP contribution is 2.31. The summed E-state index contributed by atoms with van der Waals surface area (Å²) < 4.78 is 28.8. The average Bonchev–Trinajstić information content (AvgIpc) is 2.82. The molecule has 0 spiro atoms. The van der Waals surface area contributed by atoms with Crippen LogP contribution in [0.5, 0.6) is 0 Å². The summed E-state index contributed by atoms with van der Waals surface area (Å²) in [5, 5.41) is 1.53. The summed E-state index contributed by atoms with van der Waals surface area (Å²) >= 11 is 0.599. The van der Waals surface area contributed by atoms with Crippen LogP contribution in [0, 0.1) is 11.8 Å². The van der Waals surface area contributed by atoms with Crippen LogP contribution in [0.2, 0.25) is 0 Å². The van der Waals surface area contributed by atoms with E-state index in [-0.39, 0.29) is 6.61 Å². The molecule has 0 aromatic heterocycles. The normalized spacial score (nSPS) is 15.0. The molecule has 1 rings (SSSR count). The second-order valence-corrected chi connectivity index (χ2v) is 10.8. The first-order valence-corrected chi connectivity index (χ1v) is 12.7. The second kappa shape index (κ2) is 16.3. The van der Waals surface area contributed by atoms with E-state index >= 15 is 0 Å². The molecular formula is C23H38N2O11S. The van der Waals surface area contributed by atoms with E-state index < -0.39 is 65.5 Å². The fourth-order valence-electron chi connectivity index (χ4n) is 2.77. The fourth-order valence-corrected chi connectivity index (χ4v) is 3.58. The number of carbonyl (C=O) groups is 5. The third-order valence-electron chi connectivity index (χ3n) is 5.01. The lowest BCUT2D eigenvalue weighted by molar-refractivity contribution is -0.156. The number of nitrogens with zero attached hydrogens (tertiary/aromatic N) is 1. The topological polar surface area (TPSA) is 156 Å². The zero-order valence-electron chi connectivity index (χ0n) is 22.2. The van der Waals surface area contributed by atoms with Crippen LogP contribution in [0.25, 0.3) is 0 Å². The molecule has 1 aliphatic heterocycles. The Bertz CT molecular complexity index is 783. The Balaban J connectivity index is 2.75. The molecule has 0 unspecified atom stereocenters. The van der Waals surface area contributed by atoms with Crippen molar-refractivity contribution >= 4 is 41.1 Å². The first-order valence-electron chi connectivity index (χ1n) is 11.9. The number of rotatable bonds is 13. The zero-order chi connectivity index (χ0) is 28.0. The third kappa shape index (κ3) is 13.0. The summed E-state index contributed by atoms with van der Waals surface area (Å²) in [6.07, 6.45) is -1.06. The molecule has 13 nitrogen and oxygen atoms in total. The highest BCUT2D eigenvalue weighted by Gasteiger charge is 2.41. The van der Waals surface area contributed by atoms with Gasteiger partial charge in [0.15, 0.2) is 0 Å². The summed E-state index contributed by atoms with van der Waals surface area (Å²) in [5.41, 5.74) is 0. The molecule has 1 saturated heterocycles. The standard InChI is InChI=1S/C23H38N2O11S/c1-15(2)18(26)33-13-35-21(29)24-17(20(28)32-12-9-25-7-10-31-11-8-25)23(5,6)37-22(30)36-14-34-19(27)16(3)4/h15-17H,7-14H2,1-6H3,(H,24,29)/t17-/m0/s1. The van der Waals surface area contributed by atoms with E-state index in [0.717, 1.165) is 0 Å². The van der Waals surface area contributed by atoms with Crippen LogP contribution in [-0.2, 0) is 42.8 Å². The lowest BCUT2D eigenvalue weighted by atomic mass is 10.0. The summed E-state index contributed by atoms with van der Waals surface area (Å²) in [6.45, 7) is 11.4. The Kier molecular flexibility index (Phi) is 14.3. The number of hydrogen-bond acceptors (Lipinski definition) is 13. The van der Waals surface area contributed by atoms with Crippen molar-refractivity contribution in [1.29, 1.82) is 0 Å². The molecule has 0 saturated carbocycles. The number of thioether (sulfide) groups is 1.